The average molecular weight is 474 g/mol. The molecule has 2 atom stereocenters. The Kier molecular flexibility index (Phi) is 6.16. The number of para-hydroxylation sites is 1. The lowest BCUT2D eigenvalue weighted by Crippen LogP contribution is -2.51. The number of hydrogen-bond acceptors (Lipinski definition) is 6. The van der Waals surface area contributed by atoms with Crippen molar-refractivity contribution >= 4 is 34.3 Å². The summed E-state index contributed by atoms with van der Waals surface area (Å²) >= 11 is 1.85. The van der Waals surface area contributed by atoms with Gasteiger partial charge in [0.1, 0.15) is 0 Å². The highest BCUT2D eigenvalue weighted by atomic mass is 32.2. The normalized spacial score (nSPS) is 23.6. The molecule has 176 valence electrons. The van der Waals surface area contributed by atoms with E-state index in [4.69, 9.17) is 4.98 Å². The van der Waals surface area contributed by atoms with Crippen molar-refractivity contribution in [2.24, 2.45) is 0 Å². The molecule has 3 fully saturated rings. The number of nitrogens with zero attached hydrogens (tertiary/aromatic N) is 4. The maximum Gasteiger partial charge on any atom is 0.240 e. The predicted octanol–water partition coefficient (Wildman–Crippen LogP) is 3.29. The minimum Gasteiger partial charge on any atom is -0.368 e. The van der Waals surface area contributed by atoms with Crippen molar-refractivity contribution in [2.75, 3.05) is 55.8 Å². The molecule has 3 aromatic rings. The molecule has 1 aromatic heterocycles. The van der Waals surface area contributed by atoms with Crippen LogP contribution < -0.4 is 10.2 Å². The Hall–Kier alpha value is -2.61. The molecule has 34 heavy (non-hydrogen) atoms. The van der Waals surface area contributed by atoms with Crippen molar-refractivity contribution in [2.45, 2.75) is 18.5 Å². The van der Waals surface area contributed by atoms with Gasteiger partial charge in [0, 0.05) is 67.7 Å². The minimum absolute atomic E-state index is 0.0145. The Bertz CT molecular complexity index is 1160. The van der Waals surface area contributed by atoms with E-state index in [1.54, 1.807) is 0 Å². The van der Waals surface area contributed by atoms with E-state index in [2.05, 4.69) is 69.7 Å². The molecule has 0 radical (unpaired) electrons. The molecule has 0 bridgehead atoms. The van der Waals surface area contributed by atoms with Gasteiger partial charge in [-0.3, -0.25) is 9.69 Å². The van der Waals surface area contributed by atoms with E-state index in [0.29, 0.717) is 11.9 Å². The van der Waals surface area contributed by atoms with Crippen LogP contribution in [-0.2, 0) is 4.79 Å². The summed E-state index contributed by atoms with van der Waals surface area (Å²) in [5, 5.41) is 4.72. The fraction of sp³-hybridized carbons (Fsp3) is 0.407. The number of amides is 1. The fourth-order valence-corrected chi connectivity index (χ4v) is 6.45. The standard InChI is InChI=1S/C27H31N5OS/c33-27(32-14-15-34-19-32)25-16-21(18-28-25)30-10-12-31(13-11-30)26-17-24(20-6-2-1-3-7-20)29-23-9-5-4-8-22(23)26/h1-9,17,21,25,28H,10-16,18-19H2/t21-,25-/m0/s1. The Morgan fingerprint density at radius 3 is 2.56 bits per heavy atom. The highest BCUT2D eigenvalue weighted by Gasteiger charge is 2.36. The summed E-state index contributed by atoms with van der Waals surface area (Å²) in [6, 6.07) is 21.6. The largest absolute Gasteiger partial charge is 0.368 e. The van der Waals surface area contributed by atoms with Crippen LogP contribution in [0.5, 0.6) is 0 Å². The molecule has 3 aliphatic heterocycles. The van der Waals surface area contributed by atoms with Crippen molar-refractivity contribution in [1.82, 2.24) is 20.1 Å². The van der Waals surface area contributed by atoms with Crippen LogP contribution in [0, 0.1) is 0 Å². The molecule has 6 nitrogen and oxygen atoms in total. The third-order valence-electron chi connectivity index (χ3n) is 7.41. The fourth-order valence-electron chi connectivity index (χ4n) is 5.49. The molecule has 1 amide bonds. The summed E-state index contributed by atoms with van der Waals surface area (Å²) in [6.07, 6.45) is 0.927. The zero-order valence-electron chi connectivity index (χ0n) is 19.4. The Morgan fingerprint density at radius 1 is 0.971 bits per heavy atom. The predicted molar refractivity (Wildman–Crippen MR) is 140 cm³/mol. The zero-order chi connectivity index (χ0) is 22.9. The summed E-state index contributed by atoms with van der Waals surface area (Å²) in [5.41, 5.74) is 4.49. The first-order chi connectivity index (χ1) is 16.8. The van der Waals surface area contributed by atoms with E-state index < -0.39 is 0 Å². The lowest BCUT2D eigenvalue weighted by Gasteiger charge is -2.39. The van der Waals surface area contributed by atoms with Crippen LogP contribution in [0.3, 0.4) is 0 Å². The summed E-state index contributed by atoms with van der Waals surface area (Å²) in [5.74, 6) is 2.22. The molecule has 3 aliphatic rings. The molecule has 1 N–H and O–H groups in total. The van der Waals surface area contributed by atoms with Crippen molar-refractivity contribution in [3.05, 3.63) is 60.7 Å². The minimum atomic E-state index is -0.0145. The van der Waals surface area contributed by atoms with E-state index in [1.165, 1.54) is 11.1 Å². The molecule has 7 heteroatoms. The van der Waals surface area contributed by atoms with Crippen LogP contribution in [0.1, 0.15) is 6.42 Å². The Labute approximate surface area is 205 Å². The van der Waals surface area contributed by atoms with Crippen molar-refractivity contribution < 1.29 is 4.79 Å². The SMILES string of the molecule is O=C([C@@H]1C[C@H](N2CCN(c3cc(-c4ccccc4)nc4ccccc34)CC2)CN1)N1CCSC1. The number of thioether (sulfide) groups is 1. The summed E-state index contributed by atoms with van der Waals surface area (Å²) in [6.45, 7) is 5.82. The summed E-state index contributed by atoms with van der Waals surface area (Å²) < 4.78 is 0. The number of fused-ring (bicyclic) bond motifs is 1. The first-order valence-corrected chi connectivity index (χ1v) is 13.5. The van der Waals surface area contributed by atoms with Gasteiger partial charge in [-0.25, -0.2) is 4.98 Å². The lowest BCUT2D eigenvalue weighted by atomic mass is 10.1. The molecule has 6 rings (SSSR count). The second-order valence-electron chi connectivity index (χ2n) is 9.42. The molecule has 4 heterocycles. The number of anilines is 1. The van der Waals surface area contributed by atoms with Crippen LogP contribution in [-0.4, -0.2) is 83.7 Å². The number of nitrogens with one attached hydrogen (secondary N) is 1. The number of hydrogen-bond donors (Lipinski definition) is 1. The number of carbonyl (C=O) groups excluding carboxylic acids is 1. The van der Waals surface area contributed by atoms with Gasteiger partial charge in [-0.1, -0.05) is 48.5 Å². The first-order valence-electron chi connectivity index (χ1n) is 12.3. The lowest BCUT2D eigenvalue weighted by molar-refractivity contribution is -0.131. The van der Waals surface area contributed by atoms with E-state index in [0.717, 1.165) is 74.1 Å². The van der Waals surface area contributed by atoms with Crippen LogP contribution in [0.2, 0.25) is 0 Å². The molecule has 0 saturated carbocycles. The number of benzene rings is 2. The number of pyridine rings is 1. The summed E-state index contributed by atoms with van der Waals surface area (Å²) in [7, 11) is 0. The van der Waals surface area contributed by atoms with Gasteiger partial charge in [0.2, 0.25) is 5.91 Å². The van der Waals surface area contributed by atoms with Gasteiger partial charge in [-0.05, 0) is 18.6 Å². The first kappa shape index (κ1) is 21.9. The number of rotatable bonds is 4. The third kappa shape index (κ3) is 4.28. The van der Waals surface area contributed by atoms with Crippen molar-refractivity contribution in [3.63, 3.8) is 0 Å². The van der Waals surface area contributed by atoms with Gasteiger partial charge >= 0.3 is 0 Å². The van der Waals surface area contributed by atoms with E-state index in [1.807, 2.05) is 22.7 Å². The van der Waals surface area contributed by atoms with Gasteiger partial charge in [-0.2, -0.15) is 0 Å². The van der Waals surface area contributed by atoms with Crippen LogP contribution >= 0.6 is 11.8 Å². The second-order valence-corrected chi connectivity index (χ2v) is 10.5. The summed E-state index contributed by atoms with van der Waals surface area (Å²) in [4.78, 5) is 24.9. The molecular formula is C27H31N5OS. The molecule has 0 unspecified atom stereocenters. The van der Waals surface area contributed by atoms with E-state index in [9.17, 15) is 4.79 Å². The van der Waals surface area contributed by atoms with Gasteiger partial charge in [-0.15, -0.1) is 11.8 Å². The number of carbonyl (C=O) groups is 1. The average Bonchev–Trinajstić information content (AvgIpc) is 3.61. The zero-order valence-corrected chi connectivity index (χ0v) is 20.2. The quantitative estimate of drug-likeness (QED) is 0.628. The Balaban J connectivity index is 1.16. The number of aromatic nitrogens is 1. The van der Waals surface area contributed by atoms with Crippen molar-refractivity contribution in [3.8, 4) is 11.3 Å². The van der Waals surface area contributed by atoms with Crippen LogP contribution in [0.4, 0.5) is 5.69 Å². The van der Waals surface area contributed by atoms with Crippen molar-refractivity contribution in [1.29, 1.82) is 0 Å². The van der Waals surface area contributed by atoms with Gasteiger partial charge in [0.15, 0.2) is 0 Å². The topological polar surface area (TPSA) is 51.7 Å². The Morgan fingerprint density at radius 2 is 1.76 bits per heavy atom. The maximum absolute atomic E-state index is 12.8. The van der Waals surface area contributed by atoms with Crippen LogP contribution in [0.25, 0.3) is 22.2 Å². The third-order valence-corrected chi connectivity index (χ3v) is 8.37. The maximum atomic E-state index is 12.8. The highest BCUT2D eigenvalue weighted by Crippen LogP contribution is 2.32. The molecule has 2 aromatic carbocycles. The molecular weight excluding hydrogens is 442 g/mol. The monoisotopic (exact) mass is 473 g/mol. The smallest absolute Gasteiger partial charge is 0.240 e. The van der Waals surface area contributed by atoms with E-state index in [-0.39, 0.29) is 6.04 Å². The van der Waals surface area contributed by atoms with Gasteiger partial charge in [0.25, 0.3) is 0 Å². The number of piperazine rings is 1. The molecule has 0 spiro atoms. The van der Waals surface area contributed by atoms with Gasteiger partial charge < -0.3 is 15.1 Å². The molecule has 0 aliphatic carbocycles. The van der Waals surface area contributed by atoms with E-state index >= 15 is 0 Å². The molecule has 3 saturated heterocycles. The highest BCUT2D eigenvalue weighted by molar-refractivity contribution is 7.99. The second kappa shape index (κ2) is 9.56. The van der Waals surface area contributed by atoms with Crippen LogP contribution in [0.15, 0.2) is 60.7 Å². The van der Waals surface area contributed by atoms with Gasteiger partial charge in [0.05, 0.1) is 23.1 Å².